The number of imidazole rings is 1. The lowest BCUT2D eigenvalue weighted by atomic mass is 10.0. The number of carbonyl (C=O) groups is 1. The maximum absolute atomic E-state index is 11.8. The lowest BCUT2D eigenvalue weighted by Crippen LogP contribution is -1.98. The molecule has 0 saturated heterocycles. The van der Waals surface area contributed by atoms with E-state index in [-0.39, 0.29) is 0 Å². The van der Waals surface area contributed by atoms with Crippen molar-refractivity contribution in [3.63, 3.8) is 0 Å². The van der Waals surface area contributed by atoms with Gasteiger partial charge in [0.25, 0.3) is 0 Å². The Morgan fingerprint density at radius 3 is 2.03 bits per heavy atom. The molecule has 0 radical (unpaired) electrons. The molecule has 30 heavy (non-hydrogen) atoms. The van der Waals surface area contributed by atoms with Crippen molar-refractivity contribution in [3.8, 4) is 45.5 Å². The molecule has 4 aromatic rings. The molecule has 0 aliphatic heterocycles. The summed E-state index contributed by atoms with van der Waals surface area (Å²) in [6.45, 7) is 0. The van der Waals surface area contributed by atoms with Crippen molar-refractivity contribution >= 4 is 5.97 Å². The Bertz CT molecular complexity index is 1090. The third-order valence-electron chi connectivity index (χ3n) is 4.81. The predicted octanol–water partition coefficient (Wildman–Crippen LogP) is 4.54. The summed E-state index contributed by atoms with van der Waals surface area (Å²) in [6.07, 6.45) is 1.60. The number of carbonyl (C=O) groups excluding carboxylic acids is 1. The van der Waals surface area contributed by atoms with E-state index < -0.39 is 5.97 Å². The van der Waals surface area contributed by atoms with E-state index in [1.807, 2.05) is 48.5 Å². The zero-order valence-electron chi connectivity index (χ0n) is 16.9. The molecule has 0 unspecified atom stereocenters. The summed E-state index contributed by atoms with van der Waals surface area (Å²) in [5.74, 6) is 1.75. The van der Waals surface area contributed by atoms with Crippen molar-refractivity contribution in [2.45, 2.75) is 0 Å². The fraction of sp³-hybridized carbons (Fsp3) is 0.130. The van der Waals surface area contributed by atoms with Gasteiger partial charge in [0.2, 0.25) is 0 Å². The Morgan fingerprint density at radius 2 is 1.47 bits per heavy atom. The fourth-order valence-electron chi connectivity index (χ4n) is 3.19. The van der Waals surface area contributed by atoms with E-state index in [4.69, 9.17) is 19.2 Å². The molecule has 2 N–H and O–H groups in total. The van der Waals surface area contributed by atoms with E-state index in [0.717, 1.165) is 34.0 Å². The number of benzene rings is 2. The Morgan fingerprint density at radius 1 is 0.867 bits per heavy atom. The normalized spacial score (nSPS) is 10.6. The molecule has 0 bridgehead atoms. The molecule has 0 saturated carbocycles. The van der Waals surface area contributed by atoms with E-state index in [0.29, 0.717) is 17.1 Å². The molecule has 0 fully saturated rings. The maximum Gasteiger partial charge on any atom is 0.339 e. The van der Waals surface area contributed by atoms with Crippen LogP contribution >= 0.6 is 0 Å². The van der Waals surface area contributed by atoms with Crippen molar-refractivity contribution in [2.75, 3.05) is 21.3 Å². The van der Waals surface area contributed by atoms with Gasteiger partial charge in [-0.25, -0.2) is 9.78 Å². The molecule has 4 rings (SSSR count). The molecule has 7 nitrogen and oxygen atoms in total. The smallest absolute Gasteiger partial charge is 0.339 e. The van der Waals surface area contributed by atoms with Crippen LogP contribution < -0.4 is 9.47 Å². The number of aromatic amines is 2. The minimum absolute atomic E-state index is 0.408. The Balaban J connectivity index is 1.81. The molecule has 2 aromatic heterocycles. The summed E-state index contributed by atoms with van der Waals surface area (Å²) in [6, 6.07) is 17.2. The summed E-state index contributed by atoms with van der Waals surface area (Å²) in [4.78, 5) is 23.1. The molecule has 2 aromatic carbocycles. The largest absolute Gasteiger partial charge is 0.497 e. The predicted molar refractivity (Wildman–Crippen MR) is 114 cm³/mol. The maximum atomic E-state index is 11.8. The number of aromatic nitrogens is 3. The first-order valence-corrected chi connectivity index (χ1v) is 9.29. The van der Waals surface area contributed by atoms with Crippen LogP contribution in [0.4, 0.5) is 0 Å². The van der Waals surface area contributed by atoms with Crippen molar-refractivity contribution in [1.29, 1.82) is 0 Å². The number of hydrogen-bond donors (Lipinski definition) is 2. The van der Waals surface area contributed by atoms with Crippen LogP contribution in [0.15, 0.2) is 60.8 Å². The minimum atomic E-state index is -0.408. The van der Waals surface area contributed by atoms with E-state index in [9.17, 15) is 4.79 Å². The third kappa shape index (κ3) is 3.65. The minimum Gasteiger partial charge on any atom is -0.497 e. The number of nitrogens with one attached hydrogen (secondary N) is 2. The number of H-pyrrole nitrogens is 2. The molecule has 7 heteroatoms. The fourth-order valence-corrected chi connectivity index (χ4v) is 3.19. The SMILES string of the molecule is COC(=O)c1c[nH]c(-c2nc(-c3ccc(OC)cc3)c(-c3ccc(OC)cc3)[nH]2)c1. The molecule has 0 aliphatic rings. The monoisotopic (exact) mass is 403 g/mol. The van der Waals surface area contributed by atoms with Crippen molar-refractivity contribution in [2.24, 2.45) is 0 Å². The molecular weight excluding hydrogens is 382 g/mol. The van der Waals surface area contributed by atoms with Gasteiger partial charge in [0.15, 0.2) is 5.82 Å². The van der Waals surface area contributed by atoms with Gasteiger partial charge < -0.3 is 24.2 Å². The van der Waals surface area contributed by atoms with Gasteiger partial charge in [-0.1, -0.05) is 0 Å². The second-order valence-electron chi connectivity index (χ2n) is 6.56. The van der Waals surface area contributed by atoms with Crippen LogP contribution in [0, 0.1) is 0 Å². The second-order valence-corrected chi connectivity index (χ2v) is 6.56. The number of nitrogens with zero attached hydrogens (tertiary/aromatic N) is 1. The highest BCUT2D eigenvalue weighted by Crippen LogP contribution is 2.34. The van der Waals surface area contributed by atoms with E-state index in [2.05, 4.69) is 9.97 Å². The van der Waals surface area contributed by atoms with Gasteiger partial charge in [0.05, 0.1) is 44.0 Å². The van der Waals surface area contributed by atoms with Gasteiger partial charge >= 0.3 is 5.97 Å². The number of esters is 1. The average molecular weight is 403 g/mol. The van der Waals surface area contributed by atoms with Gasteiger partial charge in [-0.2, -0.15) is 0 Å². The van der Waals surface area contributed by atoms with Crippen molar-refractivity contribution in [1.82, 2.24) is 15.0 Å². The number of methoxy groups -OCH3 is 3. The van der Waals surface area contributed by atoms with Crippen LogP contribution in [0.1, 0.15) is 10.4 Å². The molecule has 0 amide bonds. The van der Waals surface area contributed by atoms with Crippen LogP contribution in [0.25, 0.3) is 34.0 Å². The third-order valence-corrected chi connectivity index (χ3v) is 4.81. The van der Waals surface area contributed by atoms with E-state index in [1.54, 1.807) is 26.5 Å². The Hall–Kier alpha value is -4.00. The highest BCUT2D eigenvalue weighted by atomic mass is 16.5. The van der Waals surface area contributed by atoms with E-state index in [1.165, 1.54) is 7.11 Å². The molecule has 0 atom stereocenters. The van der Waals surface area contributed by atoms with Gasteiger partial charge in [-0.3, -0.25) is 0 Å². The summed E-state index contributed by atoms with van der Waals surface area (Å²) in [5.41, 5.74) is 4.65. The van der Waals surface area contributed by atoms with Gasteiger partial charge in [0.1, 0.15) is 11.5 Å². The highest BCUT2D eigenvalue weighted by molar-refractivity contribution is 5.91. The summed E-state index contributed by atoms with van der Waals surface area (Å²) >= 11 is 0. The zero-order valence-corrected chi connectivity index (χ0v) is 16.9. The zero-order chi connectivity index (χ0) is 21.1. The van der Waals surface area contributed by atoms with Crippen LogP contribution in [-0.2, 0) is 4.74 Å². The van der Waals surface area contributed by atoms with Crippen LogP contribution in [0.5, 0.6) is 11.5 Å². The first-order chi connectivity index (χ1) is 14.6. The molecule has 2 heterocycles. The van der Waals surface area contributed by atoms with E-state index >= 15 is 0 Å². The topological polar surface area (TPSA) is 89.2 Å². The Labute approximate surface area is 173 Å². The van der Waals surface area contributed by atoms with Gasteiger partial charge in [0, 0.05) is 17.3 Å². The number of ether oxygens (including phenoxy) is 3. The van der Waals surface area contributed by atoms with Crippen molar-refractivity contribution < 1.29 is 19.0 Å². The quantitative estimate of drug-likeness (QED) is 0.461. The van der Waals surface area contributed by atoms with Gasteiger partial charge in [-0.15, -0.1) is 0 Å². The molecule has 0 spiro atoms. The first kappa shape index (κ1) is 19.3. The summed E-state index contributed by atoms with van der Waals surface area (Å²) in [5, 5.41) is 0. The van der Waals surface area contributed by atoms with Crippen LogP contribution in [-0.4, -0.2) is 42.3 Å². The summed E-state index contributed by atoms with van der Waals surface area (Å²) in [7, 11) is 4.62. The first-order valence-electron chi connectivity index (χ1n) is 9.29. The summed E-state index contributed by atoms with van der Waals surface area (Å²) < 4.78 is 15.3. The lowest BCUT2D eigenvalue weighted by Gasteiger charge is -2.06. The lowest BCUT2D eigenvalue weighted by molar-refractivity contribution is 0.0601. The van der Waals surface area contributed by atoms with Crippen LogP contribution in [0.3, 0.4) is 0 Å². The molecular formula is C23H21N3O4. The highest BCUT2D eigenvalue weighted by Gasteiger charge is 2.18. The Kier molecular flexibility index (Phi) is 5.26. The van der Waals surface area contributed by atoms with Gasteiger partial charge in [-0.05, 0) is 54.6 Å². The number of rotatable bonds is 6. The standard InChI is InChI=1S/C23H21N3O4/c1-28-17-8-4-14(5-9-17)20-21(15-6-10-18(29-2)11-7-15)26-22(25-20)19-12-16(13-24-19)23(27)30-3/h4-13,24H,1-3H3,(H,25,26). The number of hydrogen-bond acceptors (Lipinski definition) is 5. The molecule has 0 aliphatic carbocycles. The van der Waals surface area contributed by atoms with Crippen LogP contribution in [0.2, 0.25) is 0 Å². The van der Waals surface area contributed by atoms with Crippen molar-refractivity contribution in [3.05, 3.63) is 66.4 Å². The second kappa shape index (κ2) is 8.16. The average Bonchev–Trinajstić information content (AvgIpc) is 3.46. The molecule has 152 valence electrons.